The van der Waals surface area contributed by atoms with Crippen molar-refractivity contribution in [2.75, 3.05) is 18.7 Å². The van der Waals surface area contributed by atoms with E-state index in [1.54, 1.807) is 25.3 Å². The van der Waals surface area contributed by atoms with E-state index in [4.69, 9.17) is 4.74 Å². The summed E-state index contributed by atoms with van der Waals surface area (Å²) >= 11 is 1.12. The molecule has 5 rings (SSSR count). The molecular weight excluding hydrogens is 517 g/mol. The summed E-state index contributed by atoms with van der Waals surface area (Å²) in [5.74, 6) is -0.572. The van der Waals surface area contributed by atoms with Gasteiger partial charge in [0.25, 0.3) is 5.91 Å². The van der Waals surface area contributed by atoms with Gasteiger partial charge < -0.3 is 4.74 Å². The van der Waals surface area contributed by atoms with Gasteiger partial charge in [0, 0.05) is 22.9 Å². The van der Waals surface area contributed by atoms with Crippen molar-refractivity contribution in [3.63, 3.8) is 0 Å². The van der Waals surface area contributed by atoms with Gasteiger partial charge in [0.1, 0.15) is 21.9 Å². The summed E-state index contributed by atoms with van der Waals surface area (Å²) in [4.78, 5) is 22.4. The summed E-state index contributed by atoms with van der Waals surface area (Å²) in [5, 5.41) is 10.8. The first-order valence-electron chi connectivity index (χ1n) is 10.8. The summed E-state index contributed by atoms with van der Waals surface area (Å²) in [7, 11) is -2.00. The predicted octanol–water partition coefficient (Wildman–Crippen LogP) is 4.62. The zero-order valence-electron chi connectivity index (χ0n) is 19.5. The summed E-state index contributed by atoms with van der Waals surface area (Å²) in [6.45, 7) is 0. The number of halogens is 1. The first-order chi connectivity index (χ1) is 17.7. The van der Waals surface area contributed by atoms with Crippen molar-refractivity contribution in [2.45, 2.75) is 4.90 Å². The maximum absolute atomic E-state index is 14.7. The molecule has 186 valence electrons. The number of sulfone groups is 1. The van der Waals surface area contributed by atoms with E-state index < -0.39 is 21.6 Å². The zero-order valence-corrected chi connectivity index (χ0v) is 21.1. The number of methoxy groups -OCH3 is 1. The molecule has 12 heteroatoms. The second kappa shape index (κ2) is 9.64. The fraction of sp³-hybridized carbons (Fsp3) is 0.0800. The number of carbonyl (C=O) groups excluding carboxylic acids is 1. The highest BCUT2D eigenvalue weighted by Crippen LogP contribution is 2.33. The number of ether oxygens (including phenoxy) is 1. The third-order valence-corrected chi connectivity index (χ3v) is 7.48. The smallest absolute Gasteiger partial charge is 0.259 e. The van der Waals surface area contributed by atoms with Crippen LogP contribution in [0, 0.1) is 5.82 Å². The standard InChI is InChI=1S/C25H18FN5O4S2/c1-35-22-6-4-3-5-15(22)17-12-27-28-13-18(17)23(32)31-25-30-21-10-9-20(29-24(21)36-25)16-8-7-14(11-19(16)26)37(2,33)34/h3-13H,1-2H3,(H,30,31,32). The molecule has 9 nitrogen and oxygen atoms in total. The summed E-state index contributed by atoms with van der Waals surface area (Å²) in [6, 6.07) is 14.2. The van der Waals surface area contributed by atoms with Crippen LogP contribution >= 0.6 is 11.3 Å². The van der Waals surface area contributed by atoms with Gasteiger partial charge >= 0.3 is 0 Å². The number of thiazole rings is 1. The van der Waals surface area contributed by atoms with Crippen LogP contribution in [0.4, 0.5) is 9.52 Å². The van der Waals surface area contributed by atoms with Crippen LogP contribution in [0.15, 0.2) is 71.9 Å². The van der Waals surface area contributed by atoms with E-state index in [2.05, 4.69) is 25.5 Å². The van der Waals surface area contributed by atoms with E-state index in [1.165, 1.54) is 24.5 Å². The van der Waals surface area contributed by atoms with Crippen molar-refractivity contribution in [1.29, 1.82) is 0 Å². The van der Waals surface area contributed by atoms with E-state index in [-0.39, 0.29) is 16.0 Å². The third-order valence-electron chi connectivity index (χ3n) is 5.49. The van der Waals surface area contributed by atoms with E-state index in [0.717, 1.165) is 23.7 Å². The molecule has 3 heterocycles. The Morgan fingerprint density at radius 3 is 2.51 bits per heavy atom. The Hall–Kier alpha value is -4.29. The normalized spacial score (nSPS) is 11.4. The van der Waals surface area contributed by atoms with Gasteiger partial charge in [-0.25, -0.2) is 22.8 Å². The fourth-order valence-corrected chi connectivity index (χ4v) is 5.17. The van der Waals surface area contributed by atoms with Crippen LogP contribution in [0.25, 0.3) is 32.7 Å². The first kappa shape index (κ1) is 24.4. The molecule has 0 unspecified atom stereocenters. The molecule has 1 amide bonds. The predicted molar refractivity (Wildman–Crippen MR) is 138 cm³/mol. The number of anilines is 1. The molecule has 0 aliphatic rings. The fourth-order valence-electron chi connectivity index (χ4n) is 3.70. The van der Waals surface area contributed by atoms with Gasteiger partial charge in [-0.3, -0.25) is 10.1 Å². The first-order valence-corrected chi connectivity index (χ1v) is 13.5. The maximum atomic E-state index is 14.7. The Balaban J connectivity index is 1.45. The number of hydrogen-bond acceptors (Lipinski definition) is 9. The van der Waals surface area contributed by atoms with Gasteiger partial charge in [-0.2, -0.15) is 10.2 Å². The number of nitrogens with zero attached hydrogens (tertiary/aromatic N) is 4. The summed E-state index contributed by atoms with van der Waals surface area (Å²) in [6.07, 6.45) is 3.87. The Morgan fingerprint density at radius 2 is 1.76 bits per heavy atom. The van der Waals surface area contributed by atoms with E-state index in [9.17, 15) is 17.6 Å². The van der Waals surface area contributed by atoms with Crippen LogP contribution < -0.4 is 10.1 Å². The molecule has 0 aliphatic heterocycles. The molecule has 2 aromatic carbocycles. The van der Waals surface area contributed by atoms with E-state index >= 15 is 0 Å². The van der Waals surface area contributed by atoms with Crippen molar-refractivity contribution in [2.24, 2.45) is 0 Å². The maximum Gasteiger partial charge on any atom is 0.259 e. The van der Waals surface area contributed by atoms with Gasteiger partial charge in [0.2, 0.25) is 0 Å². The van der Waals surface area contributed by atoms with Crippen LogP contribution in [0.2, 0.25) is 0 Å². The average molecular weight is 536 g/mol. The minimum absolute atomic E-state index is 0.115. The highest BCUT2D eigenvalue weighted by molar-refractivity contribution is 7.90. The second-order valence-corrected chi connectivity index (χ2v) is 10.9. The topological polar surface area (TPSA) is 124 Å². The van der Waals surface area contributed by atoms with Crippen LogP contribution in [0.1, 0.15) is 10.4 Å². The lowest BCUT2D eigenvalue weighted by molar-refractivity contribution is 0.102. The molecule has 5 aromatic rings. The zero-order chi connectivity index (χ0) is 26.2. The molecule has 3 aromatic heterocycles. The molecule has 0 saturated heterocycles. The molecule has 0 spiro atoms. The lowest BCUT2D eigenvalue weighted by Crippen LogP contribution is -2.14. The Kier molecular flexibility index (Phi) is 6.36. The van der Waals surface area contributed by atoms with Crippen LogP contribution in [-0.4, -0.2) is 47.9 Å². The largest absolute Gasteiger partial charge is 0.496 e. The van der Waals surface area contributed by atoms with Crippen LogP contribution in [0.5, 0.6) is 5.75 Å². The van der Waals surface area contributed by atoms with Gasteiger partial charge in [-0.1, -0.05) is 29.5 Å². The number of hydrogen-bond donors (Lipinski definition) is 1. The number of nitrogens with one attached hydrogen (secondary N) is 1. The lowest BCUT2D eigenvalue weighted by atomic mass is 10.0. The number of rotatable bonds is 6. The SMILES string of the molecule is COc1ccccc1-c1cnncc1C(=O)Nc1nc2ccc(-c3ccc(S(C)(=O)=O)cc3F)nc2s1. The van der Waals surface area contributed by atoms with Crippen molar-refractivity contribution in [3.8, 4) is 28.1 Å². The second-order valence-electron chi connectivity index (χ2n) is 7.92. The van der Waals surface area contributed by atoms with E-state index in [0.29, 0.717) is 38.0 Å². The van der Waals surface area contributed by atoms with Gasteiger partial charge in [0.05, 0.1) is 35.7 Å². The summed E-state index contributed by atoms with van der Waals surface area (Å²) in [5.41, 5.74) is 2.47. The molecule has 37 heavy (non-hydrogen) atoms. The highest BCUT2D eigenvalue weighted by atomic mass is 32.2. The molecule has 0 radical (unpaired) electrons. The minimum Gasteiger partial charge on any atom is -0.496 e. The Morgan fingerprint density at radius 1 is 0.973 bits per heavy atom. The Labute approximate surface area is 214 Å². The molecule has 0 bridgehead atoms. The van der Waals surface area contributed by atoms with Crippen LogP contribution in [-0.2, 0) is 9.84 Å². The van der Waals surface area contributed by atoms with Crippen molar-refractivity contribution in [1.82, 2.24) is 20.2 Å². The van der Waals surface area contributed by atoms with Crippen molar-refractivity contribution >= 4 is 42.6 Å². The van der Waals surface area contributed by atoms with E-state index in [1.807, 2.05) is 18.2 Å². The highest BCUT2D eigenvalue weighted by Gasteiger charge is 2.19. The lowest BCUT2D eigenvalue weighted by Gasteiger charge is -2.11. The number of aromatic nitrogens is 4. The average Bonchev–Trinajstić information content (AvgIpc) is 3.29. The van der Waals surface area contributed by atoms with Gasteiger partial charge in [-0.05, 0) is 36.4 Å². The number of para-hydroxylation sites is 1. The Bertz CT molecular complexity index is 1770. The number of benzene rings is 2. The number of fused-ring (bicyclic) bond motifs is 1. The molecule has 0 saturated carbocycles. The molecule has 0 fully saturated rings. The van der Waals surface area contributed by atoms with Crippen molar-refractivity contribution in [3.05, 3.63) is 78.4 Å². The van der Waals surface area contributed by atoms with Crippen LogP contribution in [0.3, 0.4) is 0 Å². The number of amides is 1. The number of carbonyl (C=O) groups is 1. The molecule has 0 aliphatic carbocycles. The van der Waals surface area contributed by atoms with Gasteiger partial charge in [-0.15, -0.1) is 0 Å². The monoisotopic (exact) mass is 535 g/mol. The quantitative estimate of drug-likeness (QED) is 0.334. The number of pyridine rings is 1. The van der Waals surface area contributed by atoms with Crippen molar-refractivity contribution < 1.29 is 22.3 Å². The molecule has 1 N–H and O–H groups in total. The summed E-state index contributed by atoms with van der Waals surface area (Å²) < 4.78 is 43.5. The van der Waals surface area contributed by atoms with Gasteiger partial charge in [0.15, 0.2) is 15.0 Å². The molecular formula is C25H18FN5O4S2. The minimum atomic E-state index is -3.54. The molecule has 0 atom stereocenters. The third kappa shape index (κ3) is 4.88.